The first-order chi connectivity index (χ1) is 14.5. The van der Waals surface area contributed by atoms with Crippen molar-refractivity contribution in [3.63, 3.8) is 0 Å². The predicted molar refractivity (Wildman–Crippen MR) is 118 cm³/mol. The van der Waals surface area contributed by atoms with Crippen LogP contribution in [-0.2, 0) is 28.6 Å². The van der Waals surface area contributed by atoms with Gasteiger partial charge in [-0.1, -0.05) is 29.4 Å². The van der Waals surface area contributed by atoms with E-state index in [1.54, 1.807) is 46.8 Å². The topological polar surface area (TPSA) is 78.9 Å². The maximum atomic E-state index is 13.0. The zero-order valence-electron chi connectivity index (χ0n) is 19.6. The van der Waals surface area contributed by atoms with E-state index in [-0.39, 0.29) is 0 Å². The van der Waals surface area contributed by atoms with E-state index in [0.29, 0.717) is 17.6 Å². The Balaban J connectivity index is 2.57. The Kier molecular flexibility index (Phi) is 8.04. The number of allylic oxidation sites excluding steroid dienone is 4. The first kappa shape index (κ1) is 24.6. The molecule has 0 aromatic rings. The molecule has 0 radical (unpaired) electrons. The highest BCUT2D eigenvalue weighted by Crippen LogP contribution is 2.43. The molecule has 0 unspecified atom stereocenters. The third-order valence-electron chi connectivity index (χ3n) is 6.12. The zero-order valence-corrected chi connectivity index (χ0v) is 19.6. The fourth-order valence-electron chi connectivity index (χ4n) is 3.87. The van der Waals surface area contributed by atoms with Crippen molar-refractivity contribution in [2.24, 2.45) is 5.92 Å². The summed E-state index contributed by atoms with van der Waals surface area (Å²) in [6.07, 6.45) is 8.06. The molecule has 0 spiro atoms. The van der Waals surface area contributed by atoms with E-state index in [2.05, 4.69) is 6.08 Å². The van der Waals surface area contributed by atoms with Gasteiger partial charge in [-0.15, -0.1) is 0 Å². The molecule has 0 bridgehead atoms. The van der Waals surface area contributed by atoms with Crippen LogP contribution in [0.2, 0.25) is 0 Å². The molecule has 6 nitrogen and oxygen atoms in total. The second-order valence-corrected chi connectivity index (χ2v) is 8.59. The van der Waals surface area contributed by atoms with Gasteiger partial charge in [0.05, 0.1) is 5.92 Å². The maximum Gasteiger partial charge on any atom is 0.351 e. The molecule has 6 heteroatoms. The minimum Gasteiger partial charge on any atom is -0.458 e. The third kappa shape index (κ3) is 5.54. The smallest absolute Gasteiger partial charge is 0.351 e. The Morgan fingerprint density at radius 3 is 2.32 bits per heavy atom. The fourth-order valence-corrected chi connectivity index (χ4v) is 3.87. The summed E-state index contributed by atoms with van der Waals surface area (Å²) in [6, 6.07) is 0. The summed E-state index contributed by atoms with van der Waals surface area (Å²) in [4.78, 5) is 38.3. The van der Waals surface area contributed by atoms with Crippen molar-refractivity contribution in [3.8, 4) is 0 Å². The van der Waals surface area contributed by atoms with E-state index >= 15 is 0 Å². The van der Waals surface area contributed by atoms with Crippen LogP contribution < -0.4 is 0 Å². The molecule has 2 aliphatic rings. The highest BCUT2D eigenvalue weighted by molar-refractivity contribution is 5.92. The molecule has 170 valence electrons. The standard InChI is InChI=1S/C25H34O6/c1-8-17(5)22(26)29-19-13-15(3)11-10-12-16(4)14-20-21(19)25(7,24(28)30-20)31-23(27)18(6)9-2/h8-9,12-13,19-21H,10-11,14H2,1-7H3/b15-13-,16-12-,17-8-,18-9-/t19-,20-,21-,25-/m1/s1. The fraction of sp³-hybridized carbons (Fsp3) is 0.560. The minimum atomic E-state index is -1.59. The molecular formula is C25H34O6. The van der Waals surface area contributed by atoms with Crippen LogP contribution in [0.3, 0.4) is 0 Å². The molecule has 1 aliphatic carbocycles. The summed E-state index contributed by atoms with van der Waals surface area (Å²) in [5.41, 5.74) is 1.37. The highest BCUT2D eigenvalue weighted by Gasteiger charge is 2.60. The van der Waals surface area contributed by atoms with Gasteiger partial charge < -0.3 is 14.2 Å². The quantitative estimate of drug-likeness (QED) is 0.277. The summed E-state index contributed by atoms with van der Waals surface area (Å²) in [7, 11) is 0. The van der Waals surface area contributed by atoms with Gasteiger partial charge in [0.15, 0.2) is 0 Å². The molecule has 0 aromatic carbocycles. The average molecular weight is 431 g/mol. The molecule has 1 aliphatic heterocycles. The maximum absolute atomic E-state index is 13.0. The molecule has 31 heavy (non-hydrogen) atoms. The summed E-state index contributed by atoms with van der Waals surface area (Å²) in [6.45, 7) is 12.3. The third-order valence-corrected chi connectivity index (χ3v) is 6.12. The van der Waals surface area contributed by atoms with E-state index < -0.39 is 41.6 Å². The molecule has 1 fully saturated rings. The molecule has 0 amide bonds. The number of rotatable bonds is 4. The lowest BCUT2D eigenvalue weighted by Gasteiger charge is -2.34. The van der Waals surface area contributed by atoms with E-state index in [9.17, 15) is 14.4 Å². The van der Waals surface area contributed by atoms with Gasteiger partial charge in [0.1, 0.15) is 12.2 Å². The van der Waals surface area contributed by atoms with Gasteiger partial charge in [0.2, 0.25) is 5.60 Å². The number of carbonyl (C=O) groups excluding carboxylic acids is 3. The highest BCUT2D eigenvalue weighted by atomic mass is 16.6. The number of esters is 3. The van der Waals surface area contributed by atoms with Crippen molar-refractivity contribution in [1.82, 2.24) is 0 Å². The van der Waals surface area contributed by atoms with Gasteiger partial charge in [-0.25, -0.2) is 14.4 Å². The summed E-state index contributed by atoms with van der Waals surface area (Å²) < 4.78 is 17.3. The van der Waals surface area contributed by atoms with Crippen molar-refractivity contribution in [2.75, 3.05) is 0 Å². The lowest BCUT2D eigenvalue weighted by molar-refractivity contribution is -0.174. The minimum absolute atomic E-state index is 0.387. The van der Waals surface area contributed by atoms with Crippen LogP contribution in [0.5, 0.6) is 0 Å². The van der Waals surface area contributed by atoms with Gasteiger partial charge in [-0.05, 0) is 67.4 Å². The second kappa shape index (κ2) is 10.1. The van der Waals surface area contributed by atoms with Crippen LogP contribution in [0.1, 0.15) is 67.7 Å². The Hall–Kier alpha value is -2.63. The molecule has 0 aromatic heterocycles. The van der Waals surface area contributed by atoms with Crippen molar-refractivity contribution in [3.05, 3.63) is 46.6 Å². The number of hydrogen-bond donors (Lipinski definition) is 0. The number of hydrogen-bond acceptors (Lipinski definition) is 6. The van der Waals surface area contributed by atoms with E-state index in [4.69, 9.17) is 14.2 Å². The van der Waals surface area contributed by atoms with Crippen molar-refractivity contribution < 1.29 is 28.6 Å². The summed E-state index contributed by atoms with van der Waals surface area (Å²) in [5.74, 6) is -2.38. The molecular weight excluding hydrogens is 396 g/mol. The van der Waals surface area contributed by atoms with Gasteiger partial charge in [0.25, 0.3) is 0 Å². The number of carbonyl (C=O) groups is 3. The lowest BCUT2D eigenvalue weighted by Crippen LogP contribution is -2.49. The van der Waals surface area contributed by atoms with Crippen LogP contribution in [0.4, 0.5) is 0 Å². The van der Waals surface area contributed by atoms with Crippen LogP contribution in [0.25, 0.3) is 0 Å². The molecule has 1 saturated heterocycles. The summed E-state index contributed by atoms with van der Waals surface area (Å²) in [5, 5.41) is 0. The first-order valence-corrected chi connectivity index (χ1v) is 10.8. The van der Waals surface area contributed by atoms with Gasteiger partial charge in [0, 0.05) is 17.6 Å². The van der Waals surface area contributed by atoms with Crippen LogP contribution in [0, 0.1) is 5.92 Å². The Morgan fingerprint density at radius 1 is 1.10 bits per heavy atom. The molecule has 0 saturated carbocycles. The predicted octanol–water partition coefficient (Wildman–Crippen LogP) is 4.75. The lowest BCUT2D eigenvalue weighted by atomic mass is 9.79. The normalized spacial score (nSPS) is 33.3. The molecule has 2 rings (SSSR count). The van der Waals surface area contributed by atoms with Crippen LogP contribution >= 0.6 is 0 Å². The number of fused-ring (bicyclic) bond motifs is 1. The van der Waals surface area contributed by atoms with Gasteiger partial charge in [-0.2, -0.15) is 0 Å². The Bertz CT molecular complexity index is 859. The number of ether oxygens (including phenoxy) is 3. The van der Waals surface area contributed by atoms with E-state index in [0.717, 1.165) is 24.0 Å². The van der Waals surface area contributed by atoms with Crippen molar-refractivity contribution in [1.29, 1.82) is 0 Å². The Morgan fingerprint density at radius 2 is 1.71 bits per heavy atom. The van der Waals surface area contributed by atoms with Crippen LogP contribution in [0.15, 0.2) is 46.6 Å². The van der Waals surface area contributed by atoms with Crippen molar-refractivity contribution in [2.45, 2.75) is 85.5 Å². The SMILES string of the molecule is C/C=C(/C)C(=O)O[C@@H]1/C=C(/C)CC/C=C(/C)C[C@H]2OC(=O)[C@](C)(OC(=O)/C(C)=C\C)[C@H]12. The monoisotopic (exact) mass is 430 g/mol. The Labute approximate surface area is 185 Å². The second-order valence-electron chi connectivity index (χ2n) is 8.59. The summed E-state index contributed by atoms with van der Waals surface area (Å²) >= 11 is 0. The van der Waals surface area contributed by atoms with E-state index in [1.807, 2.05) is 19.9 Å². The first-order valence-electron chi connectivity index (χ1n) is 10.8. The average Bonchev–Trinajstić information content (AvgIpc) is 2.94. The van der Waals surface area contributed by atoms with Crippen LogP contribution in [-0.4, -0.2) is 35.7 Å². The molecule has 4 atom stereocenters. The van der Waals surface area contributed by atoms with Gasteiger partial charge in [-0.3, -0.25) is 0 Å². The van der Waals surface area contributed by atoms with E-state index in [1.165, 1.54) is 0 Å². The largest absolute Gasteiger partial charge is 0.458 e. The molecule has 1 heterocycles. The van der Waals surface area contributed by atoms with Crippen molar-refractivity contribution >= 4 is 17.9 Å². The zero-order chi connectivity index (χ0) is 23.3. The van der Waals surface area contributed by atoms with Gasteiger partial charge >= 0.3 is 17.9 Å². The molecule has 0 N–H and O–H groups in total.